The van der Waals surface area contributed by atoms with Crippen molar-refractivity contribution in [1.82, 2.24) is 0 Å². The maximum atomic E-state index is 13.8. The van der Waals surface area contributed by atoms with Gasteiger partial charge in [0, 0.05) is 11.4 Å². The SMILES string of the molecule is O=C(CC1CCOc2ccccc21)c1ccc(Cl)cc1F. The van der Waals surface area contributed by atoms with E-state index in [0.717, 1.165) is 17.7 Å². The maximum Gasteiger partial charge on any atom is 0.166 e. The fraction of sp³-hybridized carbons (Fsp3) is 0.235. The molecule has 1 aliphatic heterocycles. The van der Waals surface area contributed by atoms with Crippen molar-refractivity contribution in [3.63, 3.8) is 0 Å². The van der Waals surface area contributed by atoms with Gasteiger partial charge in [-0.25, -0.2) is 4.39 Å². The molecular formula is C17H14ClFO2. The molecule has 2 aromatic carbocycles. The van der Waals surface area contributed by atoms with Crippen LogP contribution in [0.2, 0.25) is 5.02 Å². The summed E-state index contributed by atoms with van der Waals surface area (Å²) in [4.78, 5) is 12.3. The van der Waals surface area contributed by atoms with E-state index in [4.69, 9.17) is 16.3 Å². The Kier molecular flexibility index (Phi) is 3.93. The van der Waals surface area contributed by atoms with Gasteiger partial charge in [0.2, 0.25) is 0 Å². The molecule has 1 aliphatic rings. The molecule has 0 spiro atoms. The number of para-hydroxylation sites is 1. The van der Waals surface area contributed by atoms with Crippen molar-refractivity contribution in [2.45, 2.75) is 18.8 Å². The number of ketones is 1. The third-order valence-electron chi connectivity index (χ3n) is 3.75. The molecule has 0 N–H and O–H groups in total. The molecular weight excluding hydrogens is 291 g/mol. The summed E-state index contributed by atoms with van der Waals surface area (Å²) in [6, 6.07) is 11.9. The normalized spacial score (nSPS) is 17.0. The van der Waals surface area contributed by atoms with Gasteiger partial charge in [0.1, 0.15) is 11.6 Å². The molecule has 4 heteroatoms. The molecule has 108 valence electrons. The van der Waals surface area contributed by atoms with Crippen molar-refractivity contribution in [2.75, 3.05) is 6.61 Å². The highest BCUT2D eigenvalue weighted by Crippen LogP contribution is 2.36. The van der Waals surface area contributed by atoms with Crippen LogP contribution in [-0.2, 0) is 0 Å². The molecule has 0 saturated carbocycles. The first-order valence-electron chi connectivity index (χ1n) is 6.85. The summed E-state index contributed by atoms with van der Waals surface area (Å²) in [5.41, 5.74) is 1.12. The van der Waals surface area contributed by atoms with Gasteiger partial charge in [0.25, 0.3) is 0 Å². The second-order valence-corrected chi connectivity index (χ2v) is 5.56. The summed E-state index contributed by atoms with van der Waals surface area (Å²) in [7, 11) is 0. The monoisotopic (exact) mass is 304 g/mol. The number of benzene rings is 2. The van der Waals surface area contributed by atoms with Crippen molar-refractivity contribution < 1.29 is 13.9 Å². The second-order valence-electron chi connectivity index (χ2n) is 5.12. The van der Waals surface area contributed by atoms with Crippen LogP contribution in [0.1, 0.15) is 34.7 Å². The summed E-state index contributed by atoms with van der Waals surface area (Å²) in [5.74, 6) is 0.120. The molecule has 0 radical (unpaired) electrons. The van der Waals surface area contributed by atoms with E-state index in [2.05, 4.69) is 0 Å². The van der Waals surface area contributed by atoms with E-state index in [1.54, 1.807) is 0 Å². The molecule has 0 amide bonds. The fourth-order valence-electron chi connectivity index (χ4n) is 2.68. The van der Waals surface area contributed by atoms with E-state index in [9.17, 15) is 9.18 Å². The Morgan fingerprint density at radius 2 is 2.10 bits per heavy atom. The lowest BCUT2D eigenvalue weighted by Crippen LogP contribution is -2.17. The van der Waals surface area contributed by atoms with Gasteiger partial charge in [-0.3, -0.25) is 4.79 Å². The van der Waals surface area contributed by atoms with E-state index < -0.39 is 5.82 Å². The number of carbonyl (C=O) groups excluding carboxylic acids is 1. The van der Waals surface area contributed by atoms with Crippen molar-refractivity contribution in [3.05, 3.63) is 64.4 Å². The highest BCUT2D eigenvalue weighted by molar-refractivity contribution is 6.30. The number of Topliss-reactive ketones (excluding diaryl/α,β-unsaturated/α-hetero) is 1. The number of hydrogen-bond donors (Lipinski definition) is 0. The van der Waals surface area contributed by atoms with Gasteiger partial charge >= 0.3 is 0 Å². The maximum absolute atomic E-state index is 13.8. The zero-order chi connectivity index (χ0) is 14.8. The van der Waals surface area contributed by atoms with Crippen molar-refractivity contribution in [1.29, 1.82) is 0 Å². The summed E-state index contributed by atoms with van der Waals surface area (Å²) < 4.78 is 19.4. The Labute approximate surface area is 127 Å². The largest absolute Gasteiger partial charge is 0.493 e. The standard InChI is InChI=1S/C17H14ClFO2/c18-12-5-6-14(15(19)10-12)16(20)9-11-7-8-21-17-4-2-1-3-13(11)17/h1-6,10-11H,7-9H2. The van der Waals surface area contributed by atoms with Crippen LogP contribution in [0.25, 0.3) is 0 Å². The molecule has 3 rings (SSSR count). The molecule has 0 saturated heterocycles. The molecule has 0 aromatic heterocycles. The van der Waals surface area contributed by atoms with Gasteiger partial charge in [0.15, 0.2) is 5.78 Å². The lowest BCUT2D eigenvalue weighted by atomic mass is 9.87. The van der Waals surface area contributed by atoms with Crippen LogP contribution >= 0.6 is 11.6 Å². The summed E-state index contributed by atoms with van der Waals surface area (Å²) in [6.07, 6.45) is 1.04. The van der Waals surface area contributed by atoms with Crippen LogP contribution in [0.4, 0.5) is 4.39 Å². The number of carbonyl (C=O) groups is 1. The number of hydrogen-bond acceptors (Lipinski definition) is 2. The second kappa shape index (κ2) is 5.86. The van der Waals surface area contributed by atoms with Gasteiger partial charge in [-0.2, -0.15) is 0 Å². The number of halogens is 2. The van der Waals surface area contributed by atoms with E-state index >= 15 is 0 Å². The molecule has 1 heterocycles. The predicted octanol–water partition coefficient (Wildman–Crippen LogP) is 4.62. The third kappa shape index (κ3) is 2.93. The molecule has 2 nitrogen and oxygen atoms in total. The minimum atomic E-state index is -0.562. The first-order valence-corrected chi connectivity index (χ1v) is 7.23. The number of ether oxygens (including phenoxy) is 1. The van der Waals surface area contributed by atoms with Crippen LogP contribution < -0.4 is 4.74 Å². The number of rotatable bonds is 3. The Morgan fingerprint density at radius 1 is 1.29 bits per heavy atom. The first kappa shape index (κ1) is 14.1. The van der Waals surface area contributed by atoms with Gasteiger partial charge in [-0.15, -0.1) is 0 Å². The molecule has 21 heavy (non-hydrogen) atoms. The van der Waals surface area contributed by atoms with E-state index in [0.29, 0.717) is 11.6 Å². The average molecular weight is 305 g/mol. The average Bonchev–Trinajstić information content (AvgIpc) is 2.47. The lowest BCUT2D eigenvalue weighted by molar-refractivity contribution is 0.0962. The quantitative estimate of drug-likeness (QED) is 0.774. The summed E-state index contributed by atoms with van der Waals surface area (Å²) >= 11 is 5.71. The molecule has 0 aliphatic carbocycles. The molecule has 0 fully saturated rings. The Morgan fingerprint density at radius 3 is 2.90 bits per heavy atom. The van der Waals surface area contributed by atoms with E-state index in [-0.39, 0.29) is 23.7 Å². The van der Waals surface area contributed by atoms with Gasteiger partial charge in [-0.05, 0) is 42.2 Å². The van der Waals surface area contributed by atoms with Crippen LogP contribution in [-0.4, -0.2) is 12.4 Å². The van der Waals surface area contributed by atoms with Crippen LogP contribution in [0, 0.1) is 5.82 Å². The van der Waals surface area contributed by atoms with Gasteiger partial charge < -0.3 is 4.74 Å². The van der Waals surface area contributed by atoms with Crippen molar-refractivity contribution in [2.24, 2.45) is 0 Å². The van der Waals surface area contributed by atoms with Crippen LogP contribution in [0.15, 0.2) is 42.5 Å². The third-order valence-corrected chi connectivity index (χ3v) is 3.98. The minimum Gasteiger partial charge on any atom is -0.493 e. The topological polar surface area (TPSA) is 26.3 Å². The first-order chi connectivity index (χ1) is 10.1. The van der Waals surface area contributed by atoms with Crippen molar-refractivity contribution in [3.8, 4) is 5.75 Å². The highest BCUT2D eigenvalue weighted by atomic mass is 35.5. The van der Waals surface area contributed by atoms with Gasteiger partial charge in [-0.1, -0.05) is 29.8 Å². The summed E-state index contributed by atoms with van der Waals surface area (Å²) in [5, 5.41) is 0.292. The van der Waals surface area contributed by atoms with Crippen LogP contribution in [0.5, 0.6) is 5.75 Å². The Bertz CT molecular complexity index is 684. The minimum absolute atomic E-state index is 0.0672. The van der Waals surface area contributed by atoms with Gasteiger partial charge in [0.05, 0.1) is 12.2 Å². The zero-order valence-electron chi connectivity index (χ0n) is 11.3. The Balaban J connectivity index is 1.83. The summed E-state index contributed by atoms with van der Waals surface area (Å²) in [6.45, 7) is 0.581. The molecule has 2 aromatic rings. The molecule has 1 unspecified atom stereocenters. The molecule has 0 bridgehead atoms. The number of fused-ring (bicyclic) bond motifs is 1. The van der Waals surface area contributed by atoms with E-state index in [1.807, 2.05) is 24.3 Å². The van der Waals surface area contributed by atoms with Crippen molar-refractivity contribution >= 4 is 17.4 Å². The zero-order valence-corrected chi connectivity index (χ0v) is 12.1. The highest BCUT2D eigenvalue weighted by Gasteiger charge is 2.25. The van der Waals surface area contributed by atoms with E-state index in [1.165, 1.54) is 18.2 Å². The fourth-order valence-corrected chi connectivity index (χ4v) is 2.84. The molecule has 1 atom stereocenters. The smallest absolute Gasteiger partial charge is 0.166 e. The lowest BCUT2D eigenvalue weighted by Gasteiger charge is -2.25. The van der Waals surface area contributed by atoms with Crippen LogP contribution in [0.3, 0.4) is 0 Å². The Hall–Kier alpha value is -1.87. The predicted molar refractivity (Wildman–Crippen MR) is 79.7 cm³/mol.